The van der Waals surface area contributed by atoms with Crippen molar-refractivity contribution in [1.82, 2.24) is 0 Å². The number of hydrogen-bond donors (Lipinski definition) is 1. The fourth-order valence-electron chi connectivity index (χ4n) is 5.60. The van der Waals surface area contributed by atoms with Gasteiger partial charge < -0.3 is 33.5 Å². The molecule has 0 aromatic heterocycles. The number of nitro groups is 1. The van der Waals surface area contributed by atoms with Gasteiger partial charge in [0.2, 0.25) is 0 Å². The molecule has 3 aromatic carbocycles. The third-order valence-electron chi connectivity index (χ3n) is 8.42. The van der Waals surface area contributed by atoms with E-state index in [1.807, 2.05) is 0 Å². The van der Waals surface area contributed by atoms with Crippen LogP contribution in [0.15, 0.2) is 84.9 Å². The Balaban J connectivity index is 1.69. The zero-order valence-corrected chi connectivity index (χ0v) is 30.7. The van der Waals surface area contributed by atoms with E-state index in [0.29, 0.717) is 17.7 Å². The van der Waals surface area contributed by atoms with Crippen LogP contribution in [0.3, 0.4) is 0 Å². The smallest absolute Gasteiger partial charge is 0.338 e. The van der Waals surface area contributed by atoms with E-state index in [0.717, 1.165) is 6.04 Å². The highest BCUT2D eigenvalue weighted by atomic mass is 32.2. The molecule has 4 rings (SSSR count). The molecule has 0 aliphatic carbocycles. The average molecular weight is 728 g/mol. The highest BCUT2D eigenvalue weighted by Crippen LogP contribution is 2.46. The van der Waals surface area contributed by atoms with Gasteiger partial charge in [0.25, 0.3) is 5.69 Å². The normalized spacial score (nSPS) is 22.8. The minimum Gasteiger partial charge on any atom is -0.459 e. The van der Waals surface area contributed by atoms with Crippen molar-refractivity contribution in [3.63, 3.8) is 0 Å². The second kappa shape index (κ2) is 18.0. The van der Waals surface area contributed by atoms with E-state index in [-0.39, 0.29) is 24.7 Å². The Kier molecular flexibility index (Phi) is 14.1. The fraction of sp³-hybridized carbons (Fsp3) is 0.444. The van der Waals surface area contributed by atoms with Gasteiger partial charge in [0, 0.05) is 20.7 Å². The molecule has 270 valence electrons. The minimum atomic E-state index is -1.46. The van der Waals surface area contributed by atoms with Gasteiger partial charge >= 0.3 is 11.9 Å². The quantitative estimate of drug-likeness (QED) is 0.0427. The molecule has 50 heavy (non-hydrogen) atoms. The summed E-state index contributed by atoms with van der Waals surface area (Å²) in [6.45, 7) is 7.87. The van der Waals surface area contributed by atoms with E-state index in [9.17, 15) is 24.8 Å². The first kappa shape index (κ1) is 39.2. The first-order chi connectivity index (χ1) is 23.9. The van der Waals surface area contributed by atoms with Crippen LogP contribution in [0.1, 0.15) is 33.2 Å². The number of aliphatic hydroxyl groups is 1. The number of benzene rings is 3. The number of para-hydroxylation sites is 1. The molecule has 0 amide bonds. The highest BCUT2D eigenvalue weighted by Gasteiger charge is 2.61. The Bertz CT molecular complexity index is 1560. The number of rotatable bonds is 17. The zero-order valence-electron chi connectivity index (χ0n) is 28.9. The largest absolute Gasteiger partial charge is 0.459 e. The predicted molar refractivity (Wildman–Crippen MR) is 191 cm³/mol. The van der Waals surface area contributed by atoms with Crippen molar-refractivity contribution >= 4 is 37.5 Å². The molecule has 1 fully saturated rings. The van der Waals surface area contributed by atoms with Crippen LogP contribution < -0.4 is 0 Å². The van der Waals surface area contributed by atoms with Crippen molar-refractivity contribution in [2.75, 3.05) is 26.3 Å². The van der Waals surface area contributed by atoms with Crippen molar-refractivity contribution < 1.29 is 48.0 Å². The molecule has 1 N–H and O–H groups in total. The lowest BCUT2D eigenvalue weighted by Crippen LogP contribution is -2.70. The van der Waals surface area contributed by atoms with Gasteiger partial charge in [-0.15, -0.1) is 11.8 Å². The summed E-state index contributed by atoms with van der Waals surface area (Å²) in [4.78, 5) is 37.8. The molecule has 0 unspecified atom stereocenters. The molecule has 1 saturated heterocycles. The molecule has 0 spiro atoms. The van der Waals surface area contributed by atoms with Crippen molar-refractivity contribution in [2.45, 2.75) is 74.7 Å². The van der Waals surface area contributed by atoms with E-state index in [2.05, 4.69) is 19.6 Å². The summed E-state index contributed by atoms with van der Waals surface area (Å²) in [7, 11) is -1.43. The van der Waals surface area contributed by atoms with Crippen molar-refractivity contribution in [2.24, 2.45) is 0 Å². The minimum absolute atomic E-state index is 0.135. The van der Waals surface area contributed by atoms with E-state index >= 15 is 0 Å². The van der Waals surface area contributed by atoms with E-state index in [1.165, 1.54) is 17.8 Å². The monoisotopic (exact) mass is 727 g/mol. The number of ether oxygens (including phenoxy) is 6. The second-order valence-corrected chi connectivity index (χ2v) is 19.8. The molecule has 0 saturated carbocycles. The van der Waals surface area contributed by atoms with Crippen molar-refractivity contribution in [3.8, 4) is 0 Å². The summed E-state index contributed by atoms with van der Waals surface area (Å²) in [6, 6.07) is 23.8. The SMILES string of the molecule is CS[C@]1([C@H](O)COC(=O)c2ccccc2)[C@H](OC(=O)c2ccccc2)[C@@H](OCOCC[Si](C)(C)C)[C@H](OCc2ccccc2[N+](=O)[O-])O[C@@H]1C. The van der Waals surface area contributed by atoms with Gasteiger partial charge in [-0.2, -0.15) is 0 Å². The van der Waals surface area contributed by atoms with Crippen LogP contribution in [0, 0.1) is 10.1 Å². The number of thioether (sulfide) groups is 1. The number of carbonyl (C=O) groups is 2. The van der Waals surface area contributed by atoms with Crippen molar-refractivity contribution in [3.05, 3.63) is 112 Å². The van der Waals surface area contributed by atoms with Gasteiger partial charge in [-0.1, -0.05) is 68.2 Å². The summed E-state index contributed by atoms with van der Waals surface area (Å²) < 4.78 is 35.0. The first-order valence-electron chi connectivity index (χ1n) is 16.3. The summed E-state index contributed by atoms with van der Waals surface area (Å²) in [5.74, 6) is -1.33. The Morgan fingerprint density at radius 3 is 2.16 bits per heavy atom. The number of hydrogen-bond acceptors (Lipinski definition) is 12. The van der Waals surface area contributed by atoms with Crippen LogP contribution in [-0.4, -0.2) is 91.8 Å². The Morgan fingerprint density at radius 1 is 0.960 bits per heavy atom. The zero-order chi connectivity index (χ0) is 36.3. The van der Waals surface area contributed by atoms with Crippen LogP contribution >= 0.6 is 11.8 Å². The number of nitrogens with zero attached hydrogens (tertiary/aromatic N) is 1. The number of nitro benzene ring substituents is 1. The molecular formula is C36H45NO11SSi. The Labute approximate surface area is 297 Å². The maximum Gasteiger partial charge on any atom is 0.338 e. The van der Waals surface area contributed by atoms with E-state index in [4.69, 9.17) is 28.4 Å². The van der Waals surface area contributed by atoms with Crippen LogP contribution in [-0.2, 0) is 35.0 Å². The average Bonchev–Trinajstić information content (AvgIpc) is 3.10. The third kappa shape index (κ3) is 10.00. The van der Waals surface area contributed by atoms with Crippen LogP contribution in [0.4, 0.5) is 5.69 Å². The van der Waals surface area contributed by atoms with Gasteiger partial charge in [-0.05, 0) is 49.6 Å². The molecule has 6 atom stereocenters. The molecule has 1 aliphatic heterocycles. The number of esters is 2. The maximum absolute atomic E-state index is 13.7. The van der Waals surface area contributed by atoms with Gasteiger partial charge in [0.15, 0.2) is 12.4 Å². The third-order valence-corrected chi connectivity index (χ3v) is 11.7. The topological polar surface area (TPSA) is 153 Å². The lowest BCUT2D eigenvalue weighted by molar-refractivity contribution is -0.386. The summed E-state index contributed by atoms with van der Waals surface area (Å²) in [5, 5.41) is 23.6. The van der Waals surface area contributed by atoms with Gasteiger partial charge in [0.05, 0.1) is 34.3 Å². The maximum atomic E-state index is 13.7. The van der Waals surface area contributed by atoms with Gasteiger partial charge in [0.1, 0.15) is 30.4 Å². The number of carbonyl (C=O) groups excluding carboxylic acids is 2. The van der Waals surface area contributed by atoms with Crippen LogP contribution in [0.2, 0.25) is 25.7 Å². The molecule has 14 heteroatoms. The fourth-order valence-corrected chi connectivity index (χ4v) is 7.50. The van der Waals surface area contributed by atoms with Crippen LogP contribution in [0.25, 0.3) is 0 Å². The summed E-state index contributed by atoms with van der Waals surface area (Å²) >= 11 is 1.17. The van der Waals surface area contributed by atoms with E-state index < -0.39 is 67.0 Å². The van der Waals surface area contributed by atoms with Crippen LogP contribution in [0.5, 0.6) is 0 Å². The predicted octanol–water partition coefficient (Wildman–Crippen LogP) is 6.10. The summed E-state index contributed by atoms with van der Waals surface area (Å²) in [5.41, 5.74) is 0.725. The molecule has 0 radical (unpaired) electrons. The number of aliphatic hydroxyl groups excluding tert-OH is 1. The van der Waals surface area contributed by atoms with Gasteiger partial charge in [-0.25, -0.2) is 9.59 Å². The molecule has 0 bridgehead atoms. The molecular weight excluding hydrogens is 683 g/mol. The first-order valence-corrected chi connectivity index (χ1v) is 21.2. The van der Waals surface area contributed by atoms with Gasteiger partial charge in [-0.3, -0.25) is 10.1 Å². The Hall–Kier alpha value is -3.63. The lowest BCUT2D eigenvalue weighted by Gasteiger charge is -2.53. The molecule has 3 aromatic rings. The Morgan fingerprint density at radius 2 is 1.56 bits per heavy atom. The lowest BCUT2D eigenvalue weighted by atomic mass is 9.83. The summed E-state index contributed by atoms with van der Waals surface area (Å²) in [6.07, 6.45) is -4.26. The standard InChI is InChI=1S/C36H45NO11SSi/c1-25-36(49-2,30(38)23-44-33(39)26-14-8-6-9-15-26)32(48-34(40)27-16-10-7-11-17-27)31(46-24-43-20-21-50(3,4)5)35(47-25)45-22-28-18-12-13-19-29(28)37(41)42/h6-19,25,30-32,35,38H,20-24H2,1-5H3/t25-,30-,31-,32-,35-,36-/m1/s1. The molecule has 1 heterocycles. The second-order valence-electron chi connectivity index (χ2n) is 13.0. The van der Waals surface area contributed by atoms with E-state index in [1.54, 1.807) is 92.0 Å². The molecule has 12 nitrogen and oxygen atoms in total. The highest BCUT2D eigenvalue weighted by molar-refractivity contribution is 8.00. The molecule has 1 aliphatic rings. The van der Waals surface area contributed by atoms with Crippen molar-refractivity contribution in [1.29, 1.82) is 0 Å².